The molecule has 142 valence electrons. The number of nitrogens with two attached hydrogens (primary N) is 1. The van der Waals surface area contributed by atoms with Crippen LogP contribution in [0, 0.1) is 0 Å². The van der Waals surface area contributed by atoms with Gasteiger partial charge in [-0.1, -0.05) is 6.07 Å². The van der Waals surface area contributed by atoms with Crippen LogP contribution in [0.1, 0.15) is 26.3 Å². The molecule has 27 heavy (non-hydrogen) atoms. The monoisotopic (exact) mass is 377 g/mol. The molecule has 0 aliphatic carbocycles. The molecule has 1 saturated heterocycles. The van der Waals surface area contributed by atoms with Gasteiger partial charge in [0.1, 0.15) is 0 Å². The summed E-state index contributed by atoms with van der Waals surface area (Å²) in [7, 11) is 0. The second-order valence-electron chi connectivity index (χ2n) is 6.28. The summed E-state index contributed by atoms with van der Waals surface area (Å²) < 4.78 is 38.5. The number of hydrogen-bond donors (Lipinski definition) is 1. The number of nitrogens with zero attached hydrogens (tertiary/aromatic N) is 2. The zero-order valence-corrected chi connectivity index (χ0v) is 14.4. The maximum absolute atomic E-state index is 12.8. The van der Waals surface area contributed by atoms with Gasteiger partial charge in [0.25, 0.3) is 11.8 Å². The van der Waals surface area contributed by atoms with Crippen LogP contribution in [-0.4, -0.2) is 47.8 Å². The Kier molecular flexibility index (Phi) is 5.07. The average molecular weight is 377 g/mol. The number of carbonyl (C=O) groups excluding carboxylic acids is 2. The second-order valence-corrected chi connectivity index (χ2v) is 6.28. The molecule has 0 spiro atoms. The van der Waals surface area contributed by atoms with Crippen LogP contribution in [0.25, 0.3) is 0 Å². The van der Waals surface area contributed by atoms with E-state index in [1.165, 1.54) is 17.0 Å². The Bertz CT molecular complexity index is 842. The molecule has 1 aliphatic heterocycles. The molecule has 2 aromatic carbocycles. The Morgan fingerprint density at radius 1 is 0.815 bits per heavy atom. The van der Waals surface area contributed by atoms with Gasteiger partial charge in [-0.05, 0) is 42.5 Å². The van der Waals surface area contributed by atoms with Gasteiger partial charge >= 0.3 is 6.18 Å². The molecule has 5 nitrogen and oxygen atoms in total. The van der Waals surface area contributed by atoms with Crippen molar-refractivity contribution < 1.29 is 22.8 Å². The van der Waals surface area contributed by atoms with E-state index in [0.717, 1.165) is 12.1 Å². The molecule has 1 heterocycles. The number of nitrogen functional groups attached to an aromatic ring is 1. The summed E-state index contributed by atoms with van der Waals surface area (Å²) in [5.41, 5.74) is 5.80. The lowest BCUT2D eigenvalue weighted by molar-refractivity contribution is -0.137. The highest BCUT2D eigenvalue weighted by atomic mass is 19.4. The predicted octanol–water partition coefficient (Wildman–Crippen LogP) is 2.89. The van der Waals surface area contributed by atoms with E-state index in [9.17, 15) is 22.8 Å². The van der Waals surface area contributed by atoms with Crippen LogP contribution in [0.5, 0.6) is 0 Å². The summed E-state index contributed by atoms with van der Waals surface area (Å²) in [6.07, 6.45) is -4.50. The van der Waals surface area contributed by atoms with E-state index in [1.807, 2.05) is 0 Å². The normalized spacial score (nSPS) is 14.9. The number of piperazine rings is 1. The van der Waals surface area contributed by atoms with Gasteiger partial charge in [0.05, 0.1) is 5.56 Å². The fraction of sp³-hybridized carbons (Fsp3) is 0.263. The summed E-state index contributed by atoms with van der Waals surface area (Å²) >= 11 is 0. The Labute approximate surface area is 154 Å². The predicted molar refractivity (Wildman–Crippen MR) is 94.1 cm³/mol. The van der Waals surface area contributed by atoms with E-state index < -0.39 is 17.6 Å². The molecule has 8 heteroatoms. The Morgan fingerprint density at radius 2 is 1.33 bits per heavy atom. The minimum absolute atomic E-state index is 0.0110. The number of halogens is 3. The Morgan fingerprint density at radius 3 is 1.85 bits per heavy atom. The van der Waals surface area contributed by atoms with Gasteiger partial charge in [-0.2, -0.15) is 13.2 Å². The maximum Gasteiger partial charge on any atom is 0.416 e. The van der Waals surface area contributed by atoms with E-state index in [1.54, 1.807) is 29.2 Å². The lowest BCUT2D eigenvalue weighted by Crippen LogP contribution is -2.50. The number of anilines is 1. The lowest BCUT2D eigenvalue weighted by atomic mass is 10.1. The van der Waals surface area contributed by atoms with Crippen molar-refractivity contribution in [3.05, 3.63) is 65.2 Å². The van der Waals surface area contributed by atoms with E-state index >= 15 is 0 Å². The molecule has 1 fully saturated rings. The van der Waals surface area contributed by atoms with Crippen LogP contribution in [0.2, 0.25) is 0 Å². The number of carbonyl (C=O) groups is 2. The van der Waals surface area contributed by atoms with E-state index in [-0.39, 0.29) is 24.6 Å². The number of hydrogen-bond acceptors (Lipinski definition) is 3. The SMILES string of the molecule is Nc1ccc(C(=O)N2CCN(C(=O)c3cccc(C(F)(F)F)c3)CC2)cc1. The van der Waals surface area contributed by atoms with Gasteiger partial charge in [-0.25, -0.2) is 0 Å². The molecule has 0 bridgehead atoms. The van der Waals surface area contributed by atoms with Gasteiger partial charge in [-0.15, -0.1) is 0 Å². The third kappa shape index (κ3) is 4.21. The number of rotatable bonds is 2. The van der Waals surface area contributed by atoms with Gasteiger partial charge in [-0.3, -0.25) is 9.59 Å². The van der Waals surface area contributed by atoms with Crippen LogP contribution in [0.15, 0.2) is 48.5 Å². The quantitative estimate of drug-likeness (QED) is 0.819. The molecule has 2 aromatic rings. The standard InChI is InChI=1S/C19H18F3N3O2/c20-19(21,22)15-3-1-2-14(12-15)18(27)25-10-8-24(9-11-25)17(26)13-4-6-16(23)7-5-13/h1-7,12H,8-11,23H2. The summed E-state index contributed by atoms with van der Waals surface area (Å²) in [5.74, 6) is -0.637. The number of benzene rings is 2. The van der Waals surface area contributed by atoms with Crippen molar-refractivity contribution in [1.29, 1.82) is 0 Å². The Balaban J connectivity index is 1.64. The van der Waals surface area contributed by atoms with Crippen LogP contribution >= 0.6 is 0 Å². The highest BCUT2D eigenvalue weighted by molar-refractivity contribution is 5.96. The van der Waals surface area contributed by atoms with E-state index in [4.69, 9.17) is 5.73 Å². The van der Waals surface area contributed by atoms with Crippen LogP contribution < -0.4 is 5.73 Å². The van der Waals surface area contributed by atoms with Crippen LogP contribution in [-0.2, 0) is 6.18 Å². The zero-order chi connectivity index (χ0) is 19.6. The van der Waals surface area contributed by atoms with Gasteiger partial charge in [0, 0.05) is 43.0 Å². The lowest BCUT2D eigenvalue weighted by Gasteiger charge is -2.35. The summed E-state index contributed by atoms with van der Waals surface area (Å²) in [5, 5.41) is 0. The number of alkyl halides is 3. The van der Waals surface area contributed by atoms with Gasteiger partial charge < -0.3 is 15.5 Å². The first kappa shape index (κ1) is 18.8. The topological polar surface area (TPSA) is 66.6 Å². The first-order chi connectivity index (χ1) is 12.8. The first-order valence-corrected chi connectivity index (χ1v) is 8.37. The maximum atomic E-state index is 12.8. The summed E-state index contributed by atoms with van der Waals surface area (Å²) in [6, 6.07) is 10.9. The zero-order valence-electron chi connectivity index (χ0n) is 14.4. The summed E-state index contributed by atoms with van der Waals surface area (Å²) in [6.45, 7) is 1.15. The smallest absolute Gasteiger partial charge is 0.399 e. The largest absolute Gasteiger partial charge is 0.416 e. The third-order valence-corrected chi connectivity index (χ3v) is 4.45. The molecule has 0 unspecified atom stereocenters. The van der Waals surface area contributed by atoms with Gasteiger partial charge in [0.15, 0.2) is 0 Å². The van der Waals surface area contributed by atoms with Crippen molar-refractivity contribution in [2.75, 3.05) is 31.9 Å². The molecular weight excluding hydrogens is 359 g/mol. The summed E-state index contributed by atoms with van der Waals surface area (Å²) in [4.78, 5) is 28.0. The molecule has 0 aromatic heterocycles. The van der Waals surface area contributed by atoms with E-state index in [2.05, 4.69) is 0 Å². The molecule has 2 N–H and O–H groups in total. The third-order valence-electron chi connectivity index (χ3n) is 4.45. The Hall–Kier alpha value is -3.03. The molecule has 3 rings (SSSR count). The first-order valence-electron chi connectivity index (χ1n) is 8.37. The van der Waals surface area contributed by atoms with Crippen LogP contribution in [0.3, 0.4) is 0 Å². The highest BCUT2D eigenvalue weighted by Gasteiger charge is 2.32. The fourth-order valence-corrected chi connectivity index (χ4v) is 2.93. The minimum Gasteiger partial charge on any atom is -0.399 e. The average Bonchev–Trinajstić information content (AvgIpc) is 2.67. The van der Waals surface area contributed by atoms with E-state index in [0.29, 0.717) is 24.3 Å². The molecule has 2 amide bonds. The second kappa shape index (κ2) is 7.30. The van der Waals surface area contributed by atoms with Crippen LogP contribution in [0.4, 0.5) is 18.9 Å². The highest BCUT2D eigenvalue weighted by Crippen LogP contribution is 2.29. The van der Waals surface area contributed by atoms with Crippen molar-refractivity contribution in [3.63, 3.8) is 0 Å². The minimum atomic E-state index is -4.50. The van der Waals surface area contributed by atoms with Crippen molar-refractivity contribution in [2.45, 2.75) is 6.18 Å². The number of amides is 2. The van der Waals surface area contributed by atoms with Crippen molar-refractivity contribution >= 4 is 17.5 Å². The van der Waals surface area contributed by atoms with Crippen molar-refractivity contribution in [3.8, 4) is 0 Å². The molecule has 0 atom stereocenters. The van der Waals surface area contributed by atoms with Crippen molar-refractivity contribution in [2.24, 2.45) is 0 Å². The fourth-order valence-electron chi connectivity index (χ4n) is 2.93. The van der Waals surface area contributed by atoms with Crippen molar-refractivity contribution in [1.82, 2.24) is 9.80 Å². The van der Waals surface area contributed by atoms with Gasteiger partial charge in [0.2, 0.25) is 0 Å². The molecular formula is C19H18F3N3O2. The molecule has 0 saturated carbocycles. The molecule has 0 radical (unpaired) electrons. The molecule has 1 aliphatic rings.